The summed E-state index contributed by atoms with van der Waals surface area (Å²) in [7, 11) is 0. The number of aromatic nitrogens is 2. The van der Waals surface area contributed by atoms with Crippen LogP contribution < -0.4 is 0 Å². The zero-order valence-electron chi connectivity index (χ0n) is 13.3. The van der Waals surface area contributed by atoms with Gasteiger partial charge in [-0.15, -0.1) is 0 Å². The largest absolute Gasteiger partial charge is 0.378 e. The quantitative estimate of drug-likeness (QED) is 0.863. The number of rotatable bonds is 3. The molecule has 2 fully saturated rings. The van der Waals surface area contributed by atoms with Gasteiger partial charge in [0.05, 0.1) is 18.2 Å². The van der Waals surface area contributed by atoms with Crippen LogP contribution in [0.2, 0.25) is 0 Å². The molecule has 2 aliphatic rings. The van der Waals surface area contributed by atoms with Gasteiger partial charge in [0.15, 0.2) is 5.82 Å². The third-order valence-corrected chi connectivity index (χ3v) is 4.79. The number of hydrogen-bond acceptors (Lipinski definition) is 5. The van der Waals surface area contributed by atoms with Crippen LogP contribution in [-0.4, -0.2) is 40.8 Å². The number of nitrogens with zero attached hydrogens (tertiary/aromatic N) is 3. The van der Waals surface area contributed by atoms with E-state index in [4.69, 9.17) is 9.26 Å². The van der Waals surface area contributed by atoms with Gasteiger partial charge < -0.3 is 9.26 Å². The molecule has 4 rings (SSSR count). The lowest BCUT2D eigenvalue weighted by Crippen LogP contribution is -2.45. The Morgan fingerprint density at radius 1 is 1.25 bits per heavy atom. The third kappa shape index (κ3) is 3.18. The SMILES string of the molecule is Fc1ccc(-c2nc(CN3CC[C@H]4OCCC[C@H]4C3)no2)c(F)c1. The molecule has 0 amide bonds. The van der Waals surface area contributed by atoms with Crippen LogP contribution in [0, 0.1) is 17.6 Å². The fraction of sp³-hybridized carbons (Fsp3) is 0.529. The van der Waals surface area contributed by atoms with E-state index in [-0.39, 0.29) is 11.5 Å². The van der Waals surface area contributed by atoms with Gasteiger partial charge in [0.2, 0.25) is 0 Å². The molecule has 2 saturated heterocycles. The lowest BCUT2D eigenvalue weighted by Gasteiger charge is -2.40. The van der Waals surface area contributed by atoms with Crippen LogP contribution >= 0.6 is 0 Å². The molecule has 0 N–H and O–H groups in total. The second-order valence-electron chi connectivity index (χ2n) is 6.48. The van der Waals surface area contributed by atoms with Gasteiger partial charge in [-0.05, 0) is 37.3 Å². The van der Waals surface area contributed by atoms with Gasteiger partial charge in [0.1, 0.15) is 11.6 Å². The highest BCUT2D eigenvalue weighted by Crippen LogP contribution is 2.29. The van der Waals surface area contributed by atoms with Crippen LogP contribution in [-0.2, 0) is 11.3 Å². The van der Waals surface area contributed by atoms with Crippen molar-refractivity contribution in [3.05, 3.63) is 35.7 Å². The van der Waals surface area contributed by atoms with E-state index in [0.717, 1.165) is 38.6 Å². The predicted octanol–water partition coefficient (Wildman–Crippen LogP) is 3.02. The second kappa shape index (κ2) is 6.57. The van der Waals surface area contributed by atoms with Crippen molar-refractivity contribution in [1.29, 1.82) is 0 Å². The molecular weight excluding hydrogens is 316 g/mol. The van der Waals surface area contributed by atoms with Gasteiger partial charge in [-0.3, -0.25) is 4.90 Å². The summed E-state index contributed by atoms with van der Waals surface area (Å²) in [6, 6.07) is 3.30. The zero-order valence-corrected chi connectivity index (χ0v) is 13.3. The highest BCUT2D eigenvalue weighted by Gasteiger charge is 2.32. The fourth-order valence-corrected chi connectivity index (χ4v) is 3.60. The Hall–Kier alpha value is -1.86. The summed E-state index contributed by atoms with van der Waals surface area (Å²) in [5.41, 5.74) is 0.120. The summed E-state index contributed by atoms with van der Waals surface area (Å²) in [4.78, 5) is 6.54. The zero-order chi connectivity index (χ0) is 16.5. The molecular formula is C17H19F2N3O2. The first kappa shape index (κ1) is 15.7. The third-order valence-electron chi connectivity index (χ3n) is 4.79. The van der Waals surface area contributed by atoms with Gasteiger partial charge >= 0.3 is 0 Å². The fourth-order valence-electron chi connectivity index (χ4n) is 3.60. The van der Waals surface area contributed by atoms with E-state index in [9.17, 15) is 8.78 Å². The van der Waals surface area contributed by atoms with E-state index < -0.39 is 11.6 Å². The Labute approximate surface area is 138 Å². The lowest BCUT2D eigenvalue weighted by molar-refractivity contribution is -0.0680. The molecule has 0 unspecified atom stereocenters. The number of ether oxygens (including phenoxy) is 1. The highest BCUT2D eigenvalue weighted by molar-refractivity contribution is 5.53. The van der Waals surface area contributed by atoms with E-state index in [1.165, 1.54) is 18.6 Å². The van der Waals surface area contributed by atoms with Crippen LogP contribution in [0.4, 0.5) is 8.78 Å². The van der Waals surface area contributed by atoms with Crippen molar-refractivity contribution in [2.45, 2.75) is 31.9 Å². The molecule has 128 valence electrons. The summed E-state index contributed by atoms with van der Waals surface area (Å²) in [6.07, 6.45) is 3.70. The standard InChI is InChI=1S/C17H19F2N3O2/c18-12-3-4-13(14(19)8-12)17-20-16(21-24-17)10-22-6-5-15-11(9-22)2-1-7-23-15/h3-4,8,11,15H,1-2,5-7,9-10H2/t11-,15+/m0/s1. The molecule has 1 aromatic heterocycles. The van der Waals surface area contributed by atoms with Gasteiger partial charge in [0.25, 0.3) is 5.89 Å². The molecule has 1 aromatic carbocycles. The topological polar surface area (TPSA) is 51.4 Å². The number of benzene rings is 1. The van der Waals surface area contributed by atoms with Crippen molar-refractivity contribution in [2.24, 2.45) is 5.92 Å². The molecule has 0 spiro atoms. The monoisotopic (exact) mass is 335 g/mol. The number of fused-ring (bicyclic) bond motifs is 1. The molecule has 2 aromatic rings. The van der Waals surface area contributed by atoms with Crippen molar-refractivity contribution >= 4 is 0 Å². The Morgan fingerprint density at radius 2 is 2.17 bits per heavy atom. The van der Waals surface area contributed by atoms with E-state index >= 15 is 0 Å². The van der Waals surface area contributed by atoms with Crippen molar-refractivity contribution < 1.29 is 18.0 Å². The molecule has 0 radical (unpaired) electrons. The Morgan fingerprint density at radius 3 is 3.04 bits per heavy atom. The van der Waals surface area contributed by atoms with Crippen LogP contribution in [0.25, 0.3) is 11.5 Å². The maximum absolute atomic E-state index is 13.8. The number of hydrogen-bond donors (Lipinski definition) is 0. The van der Waals surface area contributed by atoms with Crippen LogP contribution in [0.15, 0.2) is 22.7 Å². The molecule has 3 heterocycles. The predicted molar refractivity (Wildman–Crippen MR) is 82.0 cm³/mol. The first-order valence-electron chi connectivity index (χ1n) is 8.31. The molecule has 2 aliphatic heterocycles. The molecule has 0 aliphatic carbocycles. The lowest BCUT2D eigenvalue weighted by atomic mass is 9.88. The normalized spacial score (nSPS) is 24.8. The van der Waals surface area contributed by atoms with Crippen LogP contribution in [0.5, 0.6) is 0 Å². The number of piperidine rings is 1. The average molecular weight is 335 g/mol. The van der Waals surface area contributed by atoms with E-state index in [2.05, 4.69) is 15.0 Å². The summed E-state index contributed by atoms with van der Waals surface area (Å²) >= 11 is 0. The number of likely N-dealkylation sites (tertiary alicyclic amines) is 1. The smallest absolute Gasteiger partial charge is 0.260 e. The van der Waals surface area contributed by atoms with Crippen LogP contribution in [0.1, 0.15) is 25.1 Å². The molecule has 24 heavy (non-hydrogen) atoms. The van der Waals surface area contributed by atoms with E-state index in [1.807, 2.05) is 0 Å². The Kier molecular flexibility index (Phi) is 4.28. The van der Waals surface area contributed by atoms with Gasteiger partial charge in [-0.2, -0.15) is 4.98 Å². The van der Waals surface area contributed by atoms with Crippen molar-refractivity contribution in [1.82, 2.24) is 15.0 Å². The molecule has 2 atom stereocenters. The van der Waals surface area contributed by atoms with Gasteiger partial charge in [-0.1, -0.05) is 5.16 Å². The van der Waals surface area contributed by atoms with Crippen molar-refractivity contribution in [3.8, 4) is 11.5 Å². The maximum atomic E-state index is 13.8. The van der Waals surface area contributed by atoms with Crippen molar-refractivity contribution in [3.63, 3.8) is 0 Å². The highest BCUT2D eigenvalue weighted by atomic mass is 19.1. The molecule has 7 heteroatoms. The first-order chi connectivity index (χ1) is 11.7. The Bertz CT molecular complexity index is 722. The summed E-state index contributed by atoms with van der Waals surface area (Å²) in [6.45, 7) is 3.32. The summed E-state index contributed by atoms with van der Waals surface area (Å²) in [5.74, 6) is -0.172. The van der Waals surface area contributed by atoms with E-state index in [1.54, 1.807) is 0 Å². The minimum atomic E-state index is -0.703. The molecule has 5 nitrogen and oxygen atoms in total. The minimum Gasteiger partial charge on any atom is -0.378 e. The average Bonchev–Trinajstić information content (AvgIpc) is 3.03. The molecule has 0 bridgehead atoms. The number of halogens is 2. The molecule has 0 saturated carbocycles. The Balaban J connectivity index is 1.44. The van der Waals surface area contributed by atoms with Crippen LogP contribution in [0.3, 0.4) is 0 Å². The van der Waals surface area contributed by atoms with Crippen molar-refractivity contribution in [2.75, 3.05) is 19.7 Å². The summed E-state index contributed by atoms with van der Waals surface area (Å²) < 4.78 is 37.7. The summed E-state index contributed by atoms with van der Waals surface area (Å²) in [5, 5.41) is 3.93. The first-order valence-corrected chi connectivity index (χ1v) is 8.31. The van der Waals surface area contributed by atoms with Gasteiger partial charge in [-0.25, -0.2) is 8.78 Å². The van der Waals surface area contributed by atoms with Gasteiger partial charge in [0, 0.05) is 25.8 Å². The maximum Gasteiger partial charge on any atom is 0.260 e. The van der Waals surface area contributed by atoms with E-state index in [0.29, 0.717) is 24.4 Å². The minimum absolute atomic E-state index is 0.0818. The second-order valence-corrected chi connectivity index (χ2v) is 6.48.